The van der Waals surface area contributed by atoms with Crippen molar-refractivity contribution in [3.8, 4) is 11.5 Å². The molecular weight excluding hydrogens is 194 g/mol. The largest absolute Gasteiger partial charge is 0.454 e. The lowest BCUT2D eigenvalue weighted by Crippen LogP contribution is -2.12. The van der Waals surface area contributed by atoms with Crippen molar-refractivity contribution in [1.82, 2.24) is 0 Å². The zero-order valence-electron chi connectivity index (χ0n) is 8.69. The molecule has 2 rings (SSSR count). The monoisotopic (exact) mass is 209 g/mol. The predicted octanol–water partition coefficient (Wildman–Crippen LogP) is 1.11. The average molecular weight is 209 g/mol. The number of rotatable bonds is 3. The topological polar surface area (TPSA) is 64.7 Å². The van der Waals surface area contributed by atoms with Crippen LogP contribution < -0.4 is 15.2 Å². The molecule has 4 heteroatoms. The molecule has 0 saturated heterocycles. The Kier molecular flexibility index (Phi) is 2.79. The van der Waals surface area contributed by atoms with Gasteiger partial charge in [0.05, 0.1) is 0 Å². The van der Waals surface area contributed by atoms with Crippen molar-refractivity contribution in [3.63, 3.8) is 0 Å². The Balaban J connectivity index is 2.30. The Morgan fingerprint density at radius 2 is 2.27 bits per heavy atom. The minimum atomic E-state index is -0.150. The van der Waals surface area contributed by atoms with E-state index >= 15 is 0 Å². The van der Waals surface area contributed by atoms with Gasteiger partial charge >= 0.3 is 0 Å². The van der Waals surface area contributed by atoms with Crippen molar-refractivity contribution in [1.29, 1.82) is 0 Å². The first-order chi connectivity index (χ1) is 7.22. The van der Waals surface area contributed by atoms with E-state index in [2.05, 4.69) is 0 Å². The highest BCUT2D eigenvalue weighted by molar-refractivity contribution is 5.50. The SMILES string of the molecule is Cc1cc(C(N)CCO)cc2c1OCO2. The van der Waals surface area contributed by atoms with Crippen LogP contribution in [0.3, 0.4) is 0 Å². The molecule has 1 atom stereocenters. The molecular formula is C11H15NO3. The van der Waals surface area contributed by atoms with Crippen LogP contribution in [0.2, 0.25) is 0 Å². The van der Waals surface area contributed by atoms with Crippen LogP contribution in [0.5, 0.6) is 11.5 Å². The predicted molar refractivity (Wildman–Crippen MR) is 55.9 cm³/mol. The van der Waals surface area contributed by atoms with Gasteiger partial charge in [-0.3, -0.25) is 0 Å². The molecule has 0 bridgehead atoms. The maximum absolute atomic E-state index is 8.82. The molecule has 0 saturated carbocycles. The van der Waals surface area contributed by atoms with Gasteiger partial charge in [-0.2, -0.15) is 0 Å². The van der Waals surface area contributed by atoms with Crippen molar-refractivity contribution >= 4 is 0 Å². The summed E-state index contributed by atoms with van der Waals surface area (Å²) in [5, 5.41) is 8.82. The van der Waals surface area contributed by atoms with Crippen molar-refractivity contribution in [2.45, 2.75) is 19.4 Å². The highest BCUT2D eigenvalue weighted by Crippen LogP contribution is 2.37. The Labute approximate surface area is 88.6 Å². The summed E-state index contributed by atoms with van der Waals surface area (Å²) in [6.45, 7) is 2.33. The number of ether oxygens (including phenoxy) is 2. The quantitative estimate of drug-likeness (QED) is 0.782. The van der Waals surface area contributed by atoms with Gasteiger partial charge in [0.1, 0.15) is 0 Å². The molecule has 1 heterocycles. The molecule has 0 aliphatic carbocycles. The second kappa shape index (κ2) is 4.08. The molecule has 1 aromatic carbocycles. The van der Waals surface area contributed by atoms with Crippen molar-refractivity contribution in [2.24, 2.45) is 5.73 Å². The molecule has 1 unspecified atom stereocenters. The maximum Gasteiger partial charge on any atom is 0.231 e. The van der Waals surface area contributed by atoms with Crippen LogP contribution in [0.25, 0.3) is 0 Å². The van der Waals surface area contributed by atoms with Gasteiger partial charge < -0.3 is 20.3 Å². The Bertz CT molecular complexity index is 365. The second-order valence-electron chi connectivity index (χ2n) is 3.69. The van der Waals surface area contributed by atoms with Gasteiger partial charge in [0, 0.05) is 12.6 Å². The molecule has 82 valence electrons. The van der Waals surface area contributed by atoms with Crippen LogP contribution in [0, 0.1) is 6.92 Å². The minimum absolute atomic E-state index is 0.0919. The normalized spacial score (nSPS) is 15.4. The van der Waals surface area contributed by atoms with Crippen LogP contribution in [0.1, 0.15) is 23.6 Å². The van der Waals surface area contributed by atoms with E-state index in [4.69, 9.17) is 20.3 Å². The minimum Gasteiger partial charge on any atom is -0.454 e. The zero-order valence-corrected chi connectivity index (χ0v) is 8.69. The van der Waals surface area contributed by atoms with E-state index in [1.807, 2.05) is 19.1 Å². The number of benzene rings is 1. The van der Waals surface area contributed by atoms with Gasteiger partial charge in [0.2, 0.25) is 6.79 Å². The summed E-state index contributed by atoms with van der Waals surface area (Å²) in [5.74, 6) is 1.55. The number of fused-ring (bicyclic) bond motifs is 1. The fourth-order valence-corrected chi connectivity index (χ4v) is 1.73. The van der Waals surface area contributed by atoms with E-state index in [9.17, 15) is 0 Å². The second-order valence-corrected chi connectivity index (χ2v) is 3.69. The molecule has 15 heavy (non-hydrogen) atoms. The van der Waals surface area contributed by atoms with E-state index < -0.39 is 0 Å². The lowest BCUT2D eigenvalue weighted by atomic mass is 10.0. The number of aliphatic hydroxyl groups is 1. The molecule has 3 N–H and O–H groups in total. The lowest BCUT2D eigenvalue weighted by molar-refractivity contribution is 0.173. The first-order valence-electron chi connectivity index (χ1n) is 4.99. The zero-order chi connectivity index (χ0) is 10.8. The summed E-state index contributed by atoms with van der Waals surface area (Å²) in [6, 6.07) is 3.71. The van der Waals surface area contributed by atoms with Crippen molar-refractivity contribution in [3.05, 3.63) is 23.3 Å². The van der Waals surface area contributed by atoms with Crippen LogP contribution in [0.4, 0.5) is 0 Å². The number of hydrogen-bond donors (Lipinski definition) is 2. The molecule has 0 radical (unpaired) electrons. The number of hydrogen-bond acceptors (Lipinski definition) is 4. The molecule has 0 spiro atoms. The third-order valence-electron chi connectivity index (χ3n) is 2.55. The summed E-state index contributed by atoms with van der Waals surface area (Å²) in [5.41, 5.74) is 7.91. The lowest BCUT2D eigenvalue weighted by Gasteiger charge is -2.12. The van der Waals surface area contributed by atoms with E-state index in [0.717, 1.165) is 22.6 Å². The summed E-state index contributed by atoms with van der Waals surface area (Å²) in [7, 11) is 0. The van der Waals surface area contributed by atoms with Gasteiger partial charge in [-0.05, 0) is 30.5 Å². The summed E-state index contributed by atoms with van der Waals surface area (Å²) in [6.07, 6.45) is 0.555. The van der Waals surface area contributed by atoms with E-state index in [1.54, 1.807) is 0 Å². The number of aryl methyl sites for hydroxylation is 1. The van der Waals surface area contributed by atoms with E-state index in [0.29, 0.717) is 6.42 Å². The fourth-order valence-electron chi connectivity index (χ4n) is 1.73. The highest BCUT2D eigenvalue weighted by atomic mass is 16.7. The van der Waals surface area contributed by atoms with Crippen molar-refractivity contribution < 1.29 is 14.6 Å². The van der Waals surface area contributed by atoms with Crippen LogP contribution >= 0.6 is 0 Å². The molecule has 0 fully saturated rings. The fraction of sp³-hybridized carbons (Fsp3) is 0.455. The van der Waals surface area contributed by atoms with Gasteiger partial charge in [0.25, 0.3) is 0 Å². The summed E-state index contributed by atoms with van der Waals surface area (Å²) < 4.78 is 10.6. The number of nitrogens with two attached hydrogens (primary N) is 1. The van der Waals surface area contributed by atoms with E-state index in [1.165, 1.54) is 0 Å². The van der Waals surface area contributed by atoms with Crippen LogP contribution in [-0.4, -0.2) is 18.5 Å². The van der Waals surface area contributed by atoms with Crippen LogP contribution in [0.15, 0.2) is 12.1 Å². The van der Waals surface area contributed by atoms with Crippen LogP contribution in [-0.2, 0) is 0 Å². The third kappa shape index (κ3) is 1.91. The Hall–Kier alpha value is -1.26. The Morgan fingerprint density at radius 1 is 1.47 bits per heavy atom. The molecule has 4 nitrogen and oxygen atoms in total. The summed E-state index contributed by atoms with van der Waals surface area (Å²) >= 11 is 0. The van der Waals surface area contributed by atoms with E-state index in [-0.39, 0.29) is 19.4 Å². The molecule has 0 amide bonds. The standard InChI is InChI=1S/C11H15NO3/c1-7-4-8(9(12)2-3-13)5-10-11(7)15-6-14-10/h4-5,9,13H,2-3,6,12H2,1H3. The Morgan fingerprint density at radius 3 is 3.00 bits per heavy atom. The smallest absolute Gasteiger partial charge is 0.231 e. The molecule has 1 aliphatic rings. The first-order valence-corrected chi connectivity index (χ1v) is 4.99. The van der Waals surface area contributed by atoms with Crippen molar-refractivity contribution in [2.75, 3.05) is 13.4 Å². The third-order valence-corrected chi connectivity index (χ3v) is 2.55. The number of aliphatic hydroxyl groups excluding tert-OH is 1. The molecule has 0 aromatic heterocycles. The highest BCUT2D eigenvalue weighted by Gasteiger charge is 2.18. The summed E-state index contributed by atoms with van der Waals surface area (Å²) in [4.78, 5) is 0. The molecule has 1 aliphatic heterocycles. The van der Waals surface area contributed by atoms with Gasteiger partial charge in [-0.1, -0.05) is 6.07 Å². The van der Waals surface area contributed by atoms with Gasteiger partial charge in [-0.25, -0.2) is 0 Å². The van der Waals surface area contributed by atoms with Gasteiger partial charge in [0.15, 0.2) is 11.5 Å². The maximum atomic E-state index is 8.82. The first kappa shape index (κ1) is 10.3. The molecule has 1 aromatic rings. The van der Waals surface area contributed by atoms with Gasteiger partial charge in [-0.15, -0.1) is 0 Å². The average Bonchev–Trinajstić information content (AvgIpc) is 2.66.